The topological polar surface area (TPSA) is 15.3 Å². The van der Waals surface area contributed by atoms with Gasteiger partial charge < -0.3 is 10.2 Å². The van der Waals surface area contributed by atoms with E-state index in [-0.39, 0.29) is 0 Å². The van der Waals surface area contributed by atoms with Gasteiger partial charge in [0.05, 0.1) is 0 Å². The van der Waals surface area contributed by atoms with Gasteiger partial charge in [-0.25, -0.2) is 0 Å². The summed E-state index contributed by atoms with van der Waals surface area (Å²) in [6.45, 7) is 2.28. The van der Waals surface area contributed by atoms with E-state index in [1.807, 2.05) is 0 Å². The highest BCUT2D eigenvalue weighted by atomic mass is 15.2. The lowest BCUT2D eigenvalue weighted by Crippen LogP contribution is -2.56. The van der Waals surface area contributed by atoms with Crippen molar-refractivity contribution < 1.29 is 0 Å². The molecule has 0 aliphatic heterocycles. The van der Waals surface area contributed by atoms with Crippen molar-refractivity contribution >= 4 is 0 Å². The lowest BCUT2D eigenvalue weighted by atomic mass is 9.75. The third-order valence-corrected chi connectivity index (χ3v) is 4.35. The molecule has 1 saturated carbocycles. The average Bonchev–Trinajstić information content (AvgIpc) is 2.32. The summed E-state index contributed by atoms with van der Waals surface area (Å²) in [6.07, 6.45) is 6.51. The van der Waals surface area contributed by atoms with Crippen LogP contribution in [0, 0.1) is 0 Å². The molecule has 0 amide bonds. The Hall–Kier alpha value is -0.860. The lowest BCUT2D eigenvalue weighted by Gasteiger charge is -2.47. The average molecular weight is 246 g/mol. The van der Waals surface area contributed by atoms with Crippen LogP contribution in [0.25, 0.3) is 0 Å². The number of likely N-dealkylation sites (N-methyl/N-ethyl adjacent to an activating group) is 1. The minimum absolute atomic E-state index is 0.451. The van der Waals surface area contributed by atoms with Gasteiger partial charge in [-0.2, -0.15) is 0 Å². The molecule has 1 aromatic carbocycles. The maximum Gasteiger partial charge on any atom is 0.0327 e. The molecule has 1 aromatic rings. The summed E-state index contributed by atoms with van der Waals surface area (Å²) in [5, 5.41) is 3.64. The highest BCUT2D eigenvalue weighted by molar-refractivity contribution is 5.14. The molecule has 0 saturated heterocycles. The first-order valence-electron chi connectivity index (χ1n) is 7.15. The van der Waals surface area contributed by atoms with E-state index >= 15 is 0 Å². The highest BCUT2D eigenvalue weighted by Gasteiger charge is 2.38. The second-order valence-electron chi connectivity index (χ2n) is 5.74. The molecule has 0 bridgehead atoms. The van der Waals surface area contributed by atoms with Crippen LogP contribution in [0.1, 0.15) is 31.2 Å². The number of nitrogens with one attached hydrogen (secondary N) is 1. The second kappa shape index (κ2) is 6.35. The van der Waals surface area contributed by atoms with Crippen LogP contribution in [0.2, 0.25) is 0 Å². The fourth-order valence-electron chi connectivity index (χ4n) is 2.75. The van der Waals surface area contributed by atoms with E-state index in [2.05, 4.69) is 54.6 Å². The van der Waals surface area contributed by atoms with Crippen LogP contribution in [0.5, 0.6) is 0 Å². The van der Waals surface area contributed by atoms with Gasteiger partial charge in [-0.15, -0.1) is 0 Å². The predicted octanol–water partition coefficient (Wildman–Crippen LogP) is 2.69. The molecule has 1 N–H and O–H groups in total. The second-order valence-corrected chi connectivity index (χ2v) is 5.74. The Labute approximate surface area is 111 Å². The minimum atomic E-state index is 0.451. The van der Waals surface area contributed by atoms with Gasteiger partial charge in [-0.3, -0.25) is 0 Å². The fourth-order valence-corrected chi connectivity index (χ4v) is 2.75. The van der Waals surface area contributed by atoms with Gasteiger partial charge in [0, 0.05) is 12.1 Å². The normalized spacial score (nSPS) is 17.7. The molecule has 2 nitrogen and oxygen atoms in total. The first-order chi connectivity index (χ1) is 8.73. The molecule has 0 radical (unpaired) electrons. The molecular formula is C16H26N2. The molecule has 1 aliphatic carbocycles. The van der Waals surface area contributed by atoms with Crippen molar-refractivity contribution in [3.63, 3.8) is 0 Å². The van der Waals surface area contributed by atoms with E-state index in [0.717, 1.165) is 13.1 Å². The fraction of sp³-hybridized carbons (Fsp3) is 0.625. The first kappa shape index (κ1) is 13.6. The summed E-state index contributed by atoms with van der Waals surface area (Å²) in [7, 11) is 4.43. The highest BCUT2D eigenvalue weighted by Crippen LogP contribution is 2.35. The van der Waals surface area contributed by atoms with E-state index in [4.69, 9.17) is 0 Å². The SMILES string of the molecule is CN(C)C1(CNCCCc2ccccc2)CCC1. The standard InChI is InChI=1S/C16H26N2/c1-18(2)16(11-7-12-16)14-17-13-6-10-15-8-4-3-5-9-15/h3-5,8-9,17H,6-7,10-14H2,1-2H3. The molecule has 1 aliphatic rings. The van der Waals surface area contributed by atoms with Crippen LogP contribution in [-0.2, 0) is 6.42 Å². The van der Waals surface area contributed by atoms with Crippen LogP contribution in [0.3, 0.4) is 0 Å². The minimum Gasteiger partial charge on any atom is -0.315 e. The third-order valence-electron chi connectivity index (χ3n) is 4.35. The van der Waals surface area contributed by atoms with Crippen LogP contribution in [-0.4, -0.2) is 37.6 Å². The van der Waals surface area contributed by atoms with Crippen LogP contribution < -0.4 is 5.32 Å². The Morgan fingerprint density at radius 3 is 2.44 bits per heavy atom. The molecule has 100 valence electrons. The largest absolute Gasteiger partial charge is 0.315 e. The zero-order valence-electron chi connectivity index (χ0n) is 11.8. The molecule has 2 rings (SSSR count). The molecule has 18 heavy (non-hydrogen) atoms. The number of aryl methyl sites for hydroxylation is 1. The van der Waals surface area contributed by atoms with Crippen LogP contribution in [0.4, 0.5) is 0 Å². The zero-order chi connectivity index (χ0) is 12.8. The molecular weight excluding hydrogens is 220 g/mol. The van der Waals surface area contributed by atoms with E-state index in [0.29, 0.717) is 5.54 Å². The van der Waals surface area contributed by atoms with E-state index in [1.54, 1.807) is 0 Å². The summed E-state index contributed by atoms with van der Waals surface area (Å²) >= 11 is 0. The Morgan fingerprint density at radius 1 is 1.17 bits per heavy atom. The Kier molecular flexibility index (Phi) is 4.79. The number of nitrogens with zero attached hydrogens (tertiary/aromatic N) is 1. The number of hydrogen-bond donors (Lipinski definition) is 1. The summed E-state index contributed by atoms with van der Waals surface area (Å²) in [5.74, 6) is 0. The summed E-state index contributed by atoms with van der Waals surface area (Å²) < 4.78 is 0. The van der Waals surface area contributed by atoms with Crippen molar-refractivity contribution in [3.8, 4) is 0 Å². The van der Waals surface area contributed by atoms with Crippen molar-refractivity contribution in [2.75, 3.05) is 27.2 Å². The van der Waals surface area contributed by atoms with Gasteiger partial charge in [0.15, 0.2) is 0 Å². The Morgan fingerprint density at radius 2 is 1.89 bits per heavy atom. The number of benzene rings is 1. The monoisotopic (exact) mass is 246 g/mol. The Bertz CT molecular complexity index is 341. The van der Waals surface area contributed by atoms with Crippen LogP contribution >= 0.6 is 0 Å². The molecule has 0 aromatic heterocycles. The van der Waals surface area contributed by atoms with Gasteiger partial charge in [-0.1, -0.05) is 30.3 Å². The van der Waals surface area contributed by atoms with Crippen molar-refractivity contribution in [1.29, 1.82) is 0 Å². The van der Waals surface area contributed by atoms with Gasteiger partial charge >= 0.3 is 0 Å². The van der Waals surface area contributed by atoms with Crippen molar-refractivity contribution in [2.24, 2.45) is 0 Å². The molecule has 0 atom stereocenters. The quantitative estimate of drug-likeness (QED) is 0.744. The van der Waals surface area contributed by atoms with E-state index in [9.17, 15) is 0 Å². The summed E-state index contributed by atoms with van der Waals surface area (Å²) in [4.78, 5) is 2.40. The Balaban J connectivity index is 1.62. The van der Waals surface area contributed by atoms with E-state index in [1.165, 1.54) is 37.7 Å². The van der Waals surface area contributed by atoms with Crippen molar-refractivity contribution in [2.45, 2.75) is 37.6 Å². The maximum atomic E-state index is 3.64. The van der Waals surface area contributed by atoms with Crippen molar-refractivity contribution in [3.05, 3.63) is 35.9 Å². The molecule has 2 heteroatoms. The summed E-state index contributed by atoms with van der Waals surface area (Å²) in [6, 6.07) is 10.8. The number of rotatable bonds is 7. The zero-order valence-corrected chi connectivity index (χ0v) is 11.8. The molecule has 0 spiro atoms. The number of hydrogen-bond acceptors (Lipinski definition) is 2. The van der Waals surface area contributed by atoms with Gasteiger partial charge in [0.1, 0.15) is 0 Å². The van der Waals surface area contributed by atoms with Gasteiger partial charge in [0.2, 0.25) is 0 Å². The molecule has 0 unspecified atom stereocenters. The predicted molar refractivity (Wildman–Crippen MR) is 77.9 cm³/mol. The maximum absolute atomic E-state index is 3.64. The van der Waals surface area contributed by atoms with Gasteiger partial charge in [-0.05, 0) is 58.3 Å². The third kappa shape index (κ3) is 3.33. The van der Waals surface area contributed by atoms with Crippen molar-refractivity contribution in [1.82, 2.24) is 10.2 Å². The van der Waals surface area contributed by atoms with Gasteiger partial charge in [0.25, 0.3) is 0 Å². The summed E-state index contributed by atoms with van der Waals surface area (Å²) in [5.41, 5.74) is 1.90. The lowest BCUT2D eigenvalue weighted by molar-refractivity contribution is 0.0603. The molecule has 0 heterocycles. The smallest absolute Gasteiger partial charge is 0.0327 e. The van der Waals surface area contributed by atoms with Crippen LogP contribution in [0.15, 0.2) is 30.3 Å². The first-order valence-corrected chi connectivity index (χ1v) is 7.15. The molecule has 1 fully saturated rings. The van der Waals surface area contributed by atoms with E-state index < -0.39 is 0 Å².